The highest BCUT2D eigenvalue weighted by molar-refractivity contribution is 7.47. The van der Waals surface area contributed by atoms with E-state index in [0.29, 0.717) is 5.75 Å². The normalized spacial score (nSPS) is 13.7. The van der Waals surface area contributed by atoms with E-state index in [-0.39, 0.29) is 6.61 Å². The van der Waals surface area contributed by atoms with Gasteiger partial charge < -0.3 is 4.52 Å². The molecule has 138 valence electrons. The Kier molecular flexibility index (Phi) is 8.47. The summed E-state index contributed by atoms with van der Waals surface area (Å²) in [5.74, 6) is 0.375. The molecule has 25 heavy (non-hydrogen) atoms. The quantitative estimate of drug-likeness (QED) is 0.346. The molecule has 5 heteroatoms. The Balaban J connectivity index is 1.72. The first-order valence-corrected chi connectivity index (χ1v) is 10.8. The van der Waals surface area contributed by atoms with Crippen LogP contribution in [-0.2, 0) is 9.09 Å². The van der Waals surface area contributed by atoms with Crippen LogP contribution in [0.25, 0.3) is 10.8 Å². The van der Waals surface area contributed by atoms with Crippen LogP contribution in [0.4, 0.5) is 0 Å². The zero-order valence-electron chi connectivity index (χ0n) is 15.0. The Labute approximate surface area is 150 Å². The van der Waals surface area contributed by atoms with E-state index in [0.717, 1.165) is 30.0 Å². The van der Waals surface area contributed by atoms with Gasteiger partial charge in [0, 0.05) is 5.39 Å². The van der Waals surface area contributed by atoms with Crippen LogP contribution in [-0.4, -0.2) is 11.5 Å². The van der Waals surface area contributed by atoms with Gasteiger partial charge in [-0.25, -0.2) is 4.57 Å². The van der Waals surface area contributed by atoms with Gasteiger partial charge in [0.1, 0.15) is 5.75 Å². The van der Waals surface area contributed by atoms with E-state index in [4.69, 9.17) is 9.05 Å². The molecule has 0 aromatic heterocycles. The van der Waals surface area contributed by atoms with Crippen molar-refractivity contribution in [3.63, 3.8) is 0 Å². The van der Waals surface area contributed by atoms with Gasteiger partial charge in [0.05, 0.1) is 6.61 Å². The van der Waals surface area contributed by atoms with E-state index >= 15 is 0 Å². The standard InChI is InChI=1S/C20H29O4P/c1-2-3-4-5-6-7-8-11-17-23-25(21,22)24-20-16-12-14-18-13-9-10-15-19(18)20/h9-10,12-16H,2-8,11,17H2,1H3,(H,21,22). The van der Waals surface area contributed by atoms with E-state index in [1.54, 1.807) is 12.1 Å². The maximum atomic E-state index is 12.1. The number of hydrogen-bond acceptors (Lipinski definition) is 3. The second-order valence-corrected chi connectivity index (χ2v) is 7.72. The highest BCUT2D eigenvalue weighted by atomic mass is 31.2. The molecule has 0 aliphatic heterocycles. The Bertz CT molecular complexity index is 681. The van der Waals surface area contributed by atoms with E-state index in [2.05, 4.69) is 6.92 Å². The van der Waals surface area contributed by atoms with E-state index in [1.807, 2.05) is 30.3 Å². The van der Waals surface area contributed by atoms with Crippen LogP contribution >= 0.6 is 7.82 Å². The molecule has 0 aliphatic carbocycles. The van der Waals surface area contributed by atoms with Crippen molar-refractivity contribution in [2.24, 2.45) is 0 Å². The first kappa shape index (κ1) is 20.0. The lowest BCUT2D eigenvalue weighted by Gasteiger charge is -2.14. The number of fused-ring (bicyclic) bond motifs is 1. The predicted octanol–water partition coefficient (Wildman–Crippen LogP) is 6.48. The van der Waals surface area contributed by atoms with E-state index in [9.17, 15) is 9.46 Å². The smallest absolute Gasteiger partial charge is 0.403 e. The van der Waals surface area contributed by atoms with Gasteiger partial charge in [0.15, 0.2) is 0 Å². The molecule has 1 unspecified atom stereocenters. The summed E-state index contributed by atoms with van der Waals surface area (Å²) in [5, 5.41) is 1.76. The summed E-state index contributed by atoms with van der Waals surface area (Å²) in [6.45, 7) is 2.46. The molecule has 0 fully saturated rings. The number of hydrogen-bond donors (Lipinski definition) is 1. The van der Waals surface area contributed by atoms with Gasteiger partial charge in [-0.1, -0.05) is 88.3 Å². The van der Waals surface area contributed by atoms with Crippen molar-refractivity contribution in [1.82, 2.24) is 0 Å². The monoisotopic (exact) mass is 364 g/mol. The van der Waals surface area contributed by atoms with Gasteiger partial charge in [-0.05, 0) is 17.9 Å². The predicted molar refractivity (Wildman–Crippen MR) is 103 cm³/mol. The van der Waals surface area contributed by atoms with Gasteiger partial charge in [-0.2, -0.15) is 0 Å². The van der Waals surface area contributed by atoms with Crippen molar-refractivity contribution in [2.45, 2.75) is 58.3 Å². The third-order valence-electron chi connectivity index (χ3n) is 4.22. The lowest BCUT2D eigenvalue weighted by atomic mass is 10.1. The molecule has 0 radical (unpaired) electrons. The average molecular weight is 364 g/mol. The van der Waals surface area contributed by atoms with E-state index < -0.39 is 7.82 Å². The molecule has 0 amide bonds. The van der Waals surface area contributed by atoms with E-state index in [1.165, 1.54) is 32.1 Å². The third-order valence-corrected chi connectivity index (χ3v) is 5.15. The Morgan fingerprint density at radius 3 is 2.28 bits per heavy atom. The van der Waals surface area contributed by atoms with Crippen LogP contribution in [0.3, 0.4) is 0 Å². The zero-order chi connectivity index (χ0) is 18.0. The molecule has 2 rings (SSSR count). The SMILES string of the molecule is CCCCCCCCCCOP(=O)(O)Oc1cccc2ccccc12. The lowest BCUT2D eigenvalue weighted by molar-refractivity contribution is 0.200. The first-order chi connectivity index (χ1) is 12.1. The first-order valence-electron chi connectivity index (χ1n) is 9.27. The number of rotatable bonds is 12. The lowest BCUT2D eigenvalue weighted by Crippen LogP contribution is -1.99. The largest absolute Gasteiger partial charge is 0.527 e. The van der Waals surface area contributed by atoms with Crippen LogP contribution in [0, 0.1) is 0 Å². The Morgan fingerprint density at radius 1 is 0.880 bits per heavy atom. The average Bonchev–Trinajstić information content (AvgIpc) is 2.60. The molecule has 0 aliphatic rings. The highest BCUT2D eigenvalue weighted by Gasteiger charge is 2.23. The molecule has 0 saturated heterocycles. The fourth-order valence-electron chi connectivity index (χ4n) is 2.84. The van der Waals surface area contributed by atoms with Gasteiger partial charge >= 0.3 is 7.82 Å². The minimum atomic E-state index is -4.09. The molecule has 0 spiro atoms. The van der Waals surface area contributed by atoms with Crippen molar-refractivity contribution in [1.29, 1.82) is 0 Å². The summed E-state index contributed by atoms with van der Waals surface area (Å²) in [7, 11) is -4.09. The topological polar surface area (TPSA) is 55.8 Å². The Morgan fingerprint density at radius 2 is 1.52 bits per heavy atom. The number of phosphoric ester groups is 1. The van der Waals surface area contributed by atoms with Crippen LogP contribution in [0.5, 0.6) is 5.75 Å². The minimum Gasteiger partial charge on any atom is -0.403 e. The number of phosphoric acid groups is 1. The summed E-state index contributed by atoms with van der Waals surface area (Å²) in [5.41, 5.74) is 0. The van der Waals surface area contributed by atoms with Crippen LogP contribution in [0.1, 0.15) is 58.3 Å². The molecule has 2 aromatic rings. The minimum absolute atomic E-state index is 0.244. The Hall–Kier alpha value is -1.35. The van der Waals surface area contributed by atoms with Gasteiger partial charge in [0.25, 0.3) is 0 Å². The van der Waals surface area contributed by atoms with Crippen molar-refractivity contribution in [2.75, 3.05) is 6.61 Å². The fraction of sp³-hybridized carbons (Fsp3) is 0.500. The maximum absolute atomic E-state index is 12.1. The van der Waals surface area contributed by atoms with Crippen LogP contribution < -0.4 is 4.52 Å². The van der Waals surface area contributed by atoms with Crippen molar-refractivity contribution in [3.05, 3.63) is 42.5 Å². The second-order valence-electron chi connectivity index (χ2n) is 6.35. The number of unbranched alkanes of at least 4 members (excludes halogenated alkanes) is 7. The summed E-state index contributed by atoms with van der Waals surface area (Å²) in [6, 6.07) is 13.0. The zero-order valence-corrected chi connectivity index (χ0v) is 15.9. The molecular formula is C20H29O4P. The molecule has 2 aromatic carbocycles. The van der Waals surface area contributed by atoms with Gasteiger partial charge in [0.2, 0.25) is 0 Å². The molecule has 0 bridgehead atoms. The van der Waals surface area contributed by atoms with Crippen molar-refractivity contribution in [3.8, 4) is 5.75 Å². The van der Waals surface area contributed by atoms with Crippen LogP contribution in [0.2, 0.25) is 0 Å². The molecule has 0 heterocycles. The summed E-state index contributed by atoms with van der Waals surface area (Å²) < 4.78 is 22.5. The molecule has 1 atom stereocenters. The summed E-state index contributed by atoms with van der Waals surface area (Å²) >= 11 is 0. The number of benzene rings is 2. The maximum Gasteiger partial charge on any atom is 0.527 e. The highest BCUT2D eigenvalue weighted by Crippen LogP contribution is 2.45. The van der Waals surface area contributed by atoms with Crippen molar-refractivity contribution < 1.29 is 18.5 Å². The molecule has 0 saturated carbocycles. The second kappa shape index (κ2) is 10.6. The summed E-state index contributed by atoms with van der Waals surface area (Å²) in [4.78, 5) is 9.94. The molecular weight excluding hydrogens is 335 g/mol. The van der Waals surface area contributed by atoms with Crippen LogP contribution in [0.15, 0.2) is 42.5 Å². The molecule has 4 nitrogen and oxygen atoms in total. The summed E-state index contributed by atoms with van der Waals surface area (Å²) in [6.07, 6.45) is 9.31. The van der Waals surface area contributed by atoms with Crippen molar-refractivity contribution >= 4 is 18.6 Å². The molecule has 1 N–H and O–H groups in total. The van der Waals surface area contributed by atoms with Gasteiger partial charge in [-0.3, -0.25) is 9.42 Å². The fourth-order valence-corrected chi connectivity index (χ4v) is 3.66. The third kappa shape index (κ3) is 7.19. The van der Waals surface area contributed by atoms with Gasteiger partial charge in [-0.15, -0.1) is 0 Å².